The second-order valence-electron chi connectivity index (χ2n) is 2.26. The predicted molar refractivity (Wildman–Crippen MR) is 48.2 cm³/mol. The maximum absolute atomic E-state index is 5.42. The zero-order valence-electron chi connectivity index (χ0n) is 7.09. The summed E-state index contributed by atoms with van der Waals surface area (Å²) >= 11 is 0. The van der Waals surface area contributed by atoms with E-state index >= 15 is 0 Å². The fraction of sp³-hybridized carbons (Fsp3) is 0.625. The second kappa shape index (κ2) is 5.60. The summed E-state index contributed by atoms with van der Waals surface area (Å²) in [6, 6.07) is 0.0173. The molecule has 62 valence electrons. The summed E-state index contributed by atoms with van der Waals surface area (Å²) in [5.74, 6) is 3.00. The minimum Gasteiger partial charge on any atom is -0.370 e. The third kappa shape index (κ3) is 4.26. The fourth-order valence-corrected chi connectivity index (χ4v) is 0.729. The number of rotatable bonds is 3. The zero-order valence-corrected chi connectivity index (χ0v) is 7.09. The molecule has 0 radical (unpaired) electrons. The first-order valence-electron chi connectivity index (χ1n) is 3.69. The molecule has 0 aliphatic carbocycles. The SMILES string of the molecule is C#CC(CCC)NC(N)=NC. The van der Waals surface area contributed by atoms with Gasteiger partial charge in [-0.25, -0.2) is 0 Å². The molecule has 0 amide bonds. The van der Waals surface area contributed by atoms with E-state index < -0.39 is 0 Å². The van der Waals surface area contributed by atoms with Crippen LogP contribution in [0.3, 0.4) is 0 Å². The third-order valence-corrected chi connectivity index (χ3v) is 1.34. The maximum Gasteiger partial charge on any atom is 0.189 e. The van der Waals surface area contributed by atoms with Crippen LogP contribution in [0.2, 0.25) is 0 Å². The van der Waals surface area contributed by atoms with Crippen LogP contribution in [0.1, 0.15) is 19.8 Å². The van der Waals surface area contributed by atoms with Gasteiger partial charge in [0.1, 0.15) is 0 Å². The monoisotopic (exact) mass is 153 g/mol. The van der Waals surface area contributed by atoms with Crippen LogP contribution in [0, 0.1) is 12.3 Å². The van der Waals surface area contributed by atoms with Gasteiger partial charge in [0.05, 0.1) is 6.04 Å². The Morgan fingerprint density at radius 3 is 2.82 bits per heavy atom. The smallest absolute Gasteiger partial charge is 0.189 e. The Bertz CT molecular complexity index is 167. The molecule has 0 fully saturated rings. The van der Waals surface area contributed by atoms with Crippen molar-refractivity contribution in [3.8, 4) is 12.3 Å². The molecule has 3 heteroatoms. The number of terminal acetylenes is 1. The van der Waals surface area contributed by atoms with E-state index in [4.69, 9.17) is 12.2 Å². The van der Waals surface area contributed by atoms with Crippen LogP contribution < -0.4 is 11.1 Å². The van der Waals surface area contributed by atoms with E-state index in [9.17, 15) is 0 Å². The molecule has 1 unspecified atom stereocenters. The fourth-order valence-electron chi connectivity index (χ4n) is 0.729. The van der Waals surface area contributed by atoms with Crippen molar-refractivity contribution in [1.82, 2.24) is 5.32 Å². The Morgan fingerprint density at radius 2 is 2.45 bits per heavy atom. The van der Waals surface area contributed by atoms with Crippen LogP contribution in [0.5, 0.6) is 0 Å². The summed E-state index contributed by atoms with van der Waals surface area (Å²) in [7, 11) is 1.63. The number of nitrogens with one attached hydrogen (secondary N) is 1. The average molecular weight is 153 g/mol. The van der Waals surface area contributed by atoms with Gasteiger partial charge < -0.3 is 11.1 Å². The molecule has 0 bridgehead atoms. The minimum absolute atomic E-state index is 0.0173. The molecule has 3 N–H and O–H groups in total. The van der Waals surface area contributed by atoms with Gasteiger partial charge in [-0.1, -0.05) is 19.3 Å². The highest BCUT2D eigenvalue weighted by atomic mass is 15.1. The molecule has 3 nitrogen and oxygen atoms in total. The van der Waals surface area contributed by atoms with E-state index in [0.29, 0.717) is 5.96 Å². The number of nitrogens with zero attached hydrogens (tertiary/aromatic N) is 1. The Hall–Kier alpha value is -1.17. The lowest BCUT2D eigenvalue weighted by Crippen LogP contribution is -2.39. The molecule has 0 rings (SSSR count). The normalized spacial score (nSPS) is 13.7. The zero-order chi connectivity index (χ0) is 8.69. The molecular formula is C8H15N3. The molecule has 0 saturated carbocycles. The van der Waals surface area contributed by atoms with Crippen molar-refractivity contribution in [3.05, 3.63) is 0 Å². The number of hydrogen-bond donors (Lipinski definition) is 2. The average Bonchev–Trinajstić information content (AvgIpc) is 2.03. The topological polar surface area (TPSA) is 50.4 Å². The summed E-state index contributed by atoms with van der Waals surface area (Å²) in [5.41, 5.74) is 5.42. The Labute approximate surface area is 68.1 Å². The summed E-state index contributed by atoms with van der Waals surface area (Å²) in [4.78, 5) is 3.75. The molecule has 0 aliphatic heterocycles. The van der Waals surface area contributed by atoms with Crippen molar-refractivity contribution in [2.75, 3.05) is 7.05 Å². The number of hydrogen-bond acceptors (Lipinski definition) is 1. The molecule has 0 aromatic heterocycles. The van der Waals surface area contributed by atoms with Crippen LogP contribution in [0.15, 0.2) is 4.99 Å². The first-order chi connectivity index (χ1) is 5.24. The Kier molecular flexibility index (Phi) is 5.01. The van der Waals surface area contributed by atoms with E-state index in [0.717, 1.165) is 12.8 Å². The van der Waals surface area contributed by atoms with Crippen molar-refractivity contribution in [2.45, 2.75) is 25.8 Å². The summed E-state index contributed by atoms with van der Waals surface area (Å²) in [6.07, 6.45) is 7.20. The largest absolute Gasteiger partial charge is 0.370 e. The molecule has 0 aromatic rings. The molecular weight excluding hydrogens is 138 g/mol. The van der Waals surface area contributed by atoms with E-state index in [-0.39, 0.29) is 6.04 Å². The van der Waals surface area contributed by atoms with E-state index in [1.54, 1.807) is 7.05 Å². The molecule has 0 spiro atoms. The highest BCUT2D eigenvalue weighted by Gasteiger charge is 2.01. The predicted octanol–water partition coefficient (Wildman–Crippen LogP) is 0.322. The molecule has 0 saturated heterocycles. The van der Waals surface area contributed by atoms with Gasteiger partial charge in [0.2, 0.25) is 0 Å². The van der Waals surface area contributed by atoms with E-state index in [2.05, 4.69) is 23.2 Å². The van der Waals surface area contributed by atoms with Crippen molar-refractivity contribution in [3.63, 3.8) is 0 Å². The minimum atomic E-state index is 0.0173. The lowest BCUT2D eigenvalue weighted by molar-refractivity contribution is 0.660. The van der Waals surface area contributed by atoms with Crippen LogP contribution in [0.25, 0.3) is 0 Å². The van der Waals surface area contributed by atoms with Crippen molar-refractivity contribution >= 4 is 5.96 Å². The maximum atomic E-state index is 5.42. The molecule has 1 atom stereocenters. The van der Waals surface area contributed by atoms with Gasteiger partial charge >= 0.3 is 0 Å². The van der Waals surface area contributed by atoms with Gasteiger partial charge in [0, 0.05) is 7.05 Å². The van der Waals surface area contributed by atoms with Gasteiger partial charge in [-0.15, -0.1) is 6.42 Å². The molecule has 0 aliphatic rings. The summed E-state index contributed by atoms with van der Waals surface area (Å²) < 4.78 is 0. The highest BCUT2D eigenvalue weighted by Crippen LogP contribution is 1.93. The number of guanidine groups is 1. The van der Waals surface area contributed by atoms with Crippen molar-refractivity contribution < 1.29 is 0 Å². The molecule has 0 aromatic carbocycles. The van der Waals surface area contributed by atoms with E-state index in [1.807, 2.05) is 0 Å². The number of aliphatic imine (C=N–C) groups is 1. The van der Waals surface area contributed by atoms with Gasteiger partial charge in [-0.3, -0.25) is 4.99 Å². The van der Waals surface area contributed by atoms with Gasteiger partial charge in [0.25, 0.3) is 0 Å². The van der Waals surface area contributed by atoms with Crippen LogP contribution in [-0.2, 0) is 0 Å². The number of nitrogens with two attached hydrogens (primary N) is 1. The van der Waals surface area contributed by atoms with Crippen molar-refractivity contribution in [1.29, 1.82) is 0 Å². The first kappa shape index (κ1) is 9.83. The van der Waals surface area contributed by atoms with Crippen LogP contribution >= 0.6 is 0 Å². The quantitative estimate of drug-likeness (QED) is 0.348. The lowest BCUT2D eigenvalue weighted by atomic mass is 10.2. The Morgan fingerprint density at radius 1 is 1.82 bits per heavy atom. The van der Waals surface area contributed by atoms with Crippen LogP contribution in [-0.4, -0.2) is 19.0 Å². The van der Waals surface area contributed by atoms with Crippen LogP contribution in [0.4, 0.5) is 0 Å². The lowest BCUT2D eigenvalue weighted by Gasteiger charge is -2.11. The Balaban J connectivity index is 3.80. The summed E-state index contributed by atoms with van der Waals surface area (Å²) in [6.45, 7) is 2.07. The third-order valence-electron chi connectivity index (χ3n) is 1.34. The summed E-state index contributed by atoms with van der Waals surface area (Å²) in [5, 5.41) is 2.91. The van der Waals surface area contributed by atoms with E-state index in [1.165, 1.54) is 0 Å². The molecule has 11 heavy (non-hydrogen) atoms. The van der Waals surface area contributed by atoms with Gasteiger partial charge in [-0.2, -0.15) is 0 Å². The first-order valence-corrected chi connectivity index (χ1v) is 3.69. The highest BCUT2D eigenvalue weighted by molar-refractivity contribution is 5.78. The molecule has 0 heterocycles. The van der Waals surface area contributed by atoms with Gasteiger partial charge in [-0.05, 0) is 6.42 Å². The standard InChI is InChI=1S/C8H15N3/c1-4-6-7(5-2)11-8(9)10-3/h2,7H,4,6H2,1,3H3,(H3,9,10,11). The van der Waals surface area contributed by atoms with Gasteiger partial charge in [0.15, 0.2) is 5.96 Å². The second-order valence-corrected chi connectivity index (χ2v) is 2.26. The van der Waals surface area contributed by atoms with Crippen molar-refractivity contribution in [2.24, 2.45) is 10.7 Å².